The van der Waals surface area contributed by atoms with Crippen LogP contribution in [0.3, 0.4) is 0 Å². The van der Waals surface area contributed by atoms with E-state index < -0.39 is 22.4 Å². The number of nitrogens with zero attached hydrogens (tertiary/aromatic N) is 12. The maximum Gasteiger partial charge on any atom is 0.255 e. The first-order valence-corrected chi connectivity index (χ1v) is 46.8. The molecule has 13 heterocycles. The highest BCUT2D eigenvalue weighted by atomic mass is 35.5. The molecular weight excluding hydrogens is 1840 g/mol. The SMILES string of the molecule is CC1(C)NC(=O)c2c(Cl)cc(Nc3ccncn3)cc21.CC1(C)NC(=O)c2c(Cl)cc(Nc3ncnc(N)c3Cl)cc21.Cc1c(N)ncnc1Nc1cc(F)c2c(c1)C1(CCCCC1)NC2=O.Cc1cc(Nc2cc(N)ncn2)cc2c1C(=O)NC21CCCC1.Cc1cc(Nc2ncnc(N)c2C)cc2c1C(=O)NC21CCOCC1.O=C1NC2(CCCCC2)c2cc(Nc3ccncn3)cc(Cl)c21. The molecule has 6 aromatic carbocycles. The van der Waals surface area contributed by atoms with E-state index in [9.17, 15) is 33.2 Å². The van der Waals surface area contributed by atoms with Crippen molar-refractivity contribution in [3.05, 3.63) is 256 Å². The monoisotopic (exact) mass is 1940 g/mol. The van der Waals surface area contributed by atoms with Crippen LogP contribution in [0.5, 0.6) is 0 Å². The molecule has 35 nitrogen and oxygen atoms in total. The van der Waals surface area contributed by atoms with E-state index >= 15 is 0 Å². The van der Waals surface area contributed by atoms with Crippen LogP contribution in [0, 0.1) is 33.5 Å². The van der Waals surface area contributed by atoms with Crippen LogP contribution in [0.15, 0.2) is 141 Å². The second-order valence-corrected chi connectivity index (χ2v) is 38.5. The molecule has 3 aliphatic carbocycles. The van der Waals surface area contributed by atoms with Gasteiger partial charge in [-0.2, -0.15) is 0 Å². The lowest BCUT2D eigenvalue weighted by Crippen LogP contribution is -2.43. The number of aromatic nitrogens is 12. The van der Waals surface area contributed by atoms with Crippen molar-refractivity contribution in [1.82, 2.24) is 91.7 Å². The minimum Gasteiger partial charge on any atom is -0.384 e. The molecule has 6 amide bonds. The zero-order valence-electron chi connectivity index (χ0n) is 76.9. The molecule has 20 N–H and O–H groups in total. The number of amides is 6. The lowest BCUT2D eigenvalue weighted by Gasteiger charge is -2.34. The van der Waals surface area contributed by atoms with Crippen molar-refractivity contribution in [2.45, 2.75) is 191 Å². The molecule has 22 rings (SSSR count). The van der Waals surface area contributed by atoms with Gasteiger partial charge >= 0.3 is 0 Å². The fourth-order valence-corrected chi connectivity index (χ4v) is 21.0. The third-order valence-corrected chi connectivity index (χ3v) is 28.1. The molecular formula is C98H103Cl4FN28O7. The average molecular weight is 1950 g/mol. The summed E-state index contributed by atoms with van der Waals surface area (Å²) in [7, 11) is 0. The van der Waals surface area contributed by atoms with Gasteiger partial charge in [0.1, 0.15) is 101 Å². The summed E-state index contributed by atoms with van der Waals surface area (Å²) in [5.74, 6) is 3.88. The smallest absolute Gasteiger partial charge is 0.255 e. The third-order valence-electron chi connectivity index (χ3n) is 26.8. The highest BCUT2D eigenvalue weighted by Crippen LogP contribution is 2.51. The van der Waals surface area contributed by atoms with Gasteiger partial charge in [0.25, 0.3) is 35.4 Å². The van der Waals surface area contributed by atoms with Crippen molar-refractivity contribution >= 4 is 174 Å². The number of nitrogens with one attached hydrogen (secondary N) is 12. The molecule has 0 bridgehead atoms. The van der Waals surface area contributed by atoms with Crippen molar-refractivity contribution in [1.29, 1.82) is 0 Å². The van der Waals surface area contributed by atoms with Crippen LogP contribution in [0.4, 0.5) is 96.7 Å². The molecule has 4 spiro atoms. The van der Waals surface area contributed by atoms with Gasteiger partial charge in [0.2, 0.25) is 0 Å². The van der Waals surface area contributed by atoms with Crippen molar-refractivity contribution in [2.24, 2.45) is 0 Å². The lowest BCUT2D eigenvalue weighted by atomic mass is 9.77. The Morgan fingerprint density at radius 3 is 1.10 bits per heavy atom. The Labute approximate surface area is 814 Å². The topological polar surface area (TPSA) is 515 Å². The van der Waals surface area contributed by atoms with Crippen molar-refractivity contribution in [3.8, 4) is 0 Å². The quantitative estimate of drug-likeness (QED) is 0.0540. The Hall–Kier alpha value is -14.3. The average Bonchev–Trinajstić information content (AvgIpc) is 1.56. The summed E-state index contributed by atoms with van der Waals surface area (Å²) in [6.45, 7) is 16.6. The standard InChI is InChI=1S/C18H20FN5O.C18H21N5O2.C17H17ClN4O.C17H19N5O.C14H13Cl2N5O.C14H13ClN4O/c1-10-15(20)21-9-22-16(10)23-11-7-12-14(13(19)8-11)17(25)24-18(12)5-3-2-4-6-18;1-10-7-12(22-16-11(2)15(19)20-9-21-16)8-13-14(10)17(24)23-18(13)3-5-25-6-4-18;18-13-9-11(21-14-4-7-19-10-20-14)8-12-15(13)16(23)22-17(12)5-2-1-3-6-17;1-10-6-11(21-14-8-13(18)19-9-20-14)7-12-15(10)16(23)22-17(12)4-2-3-5-17;1-14(2)7-3-6(4-8(15)9(7)13(22)21-14)20-12-10(16)11(17)18-5-19-12;1-14(2)9-5-8(18-11-3-4-16-7-17-11)6-10(15)12(9)13(20)19-14/h7-9H,2-6H2,1H3,(H,24,25)(H3,20,21,22,23);7-9H,3-6H2,1-2H3,(H,23,24)(H3,19,20,21,22);4,7-10H,1-3,5-6H2,(H,22,23)(H,19,20,21);6-9H,2-5H2,1H3,(H,22,23)(H3,18,19,20,21);3-5H,1-2H3,(H,21,22)(H3,17,18,19,20);3-7H,1-2H3,(H,19,20)(H,16,17,18). The fourth-order valence-electron chi connectivity index (χ4n) is 19.9. The number of hydrogen-bond acceptors (Lipinski definition) is 29. The molecule has 0 atom stereocenters. The molecule has 712 valence electrons. The predicted molar refractivity (Wildman–Crippen MR) is 529 cm³/mol. The number of fused-ring (bicyclic) bond motifs is 10. The highest BCUT2D eigenvalue weighted by Gasteiger charge is 2.50. The summed E-state index contributed by atoms with van der Waals surface area (Å²) in [6, 6.07) is 27.4. The van der Waals surface area contributed by atoms with Crippen LogP contribution in [-0.2, 0) is 38.0 Å². The van der Waals surface area contributed by atoms with Gasteiger partial charge in [0, 0.05) is 88.1 Å². The molecule has 0 radical (unpaired) electrons. The van der Waals surface area contributed by atoms with E-state index in [1.165, 1.54) is 50.5 Å². The zero-order chi connectivity index (χ0) is 97.5. The first-order chi connectivity index (χ1) is 66.0. The van der Waals surface area contributed by atoms with E-state index in [1.807, 2.05) is 90.9 Å². The number of rotatable bonds is 12. The minimum absolute atomic E-state index is 0.00316. The van der Waals surface area contributed by atoms with Crippen molar-refractivity contribution in [3.63, 3.8) is 0 Å². The second-order valence-electron chi connectivity index (χ2n) is 36.9. The number of anilines is 16. The van der Waals surface area contributed by atoms with E-state index in [0.717, 1.165) is 180 Å². The number of aryl methyl sites for hydroxylation is 2. The van der Waals surface area contributed by atoms with E-state index in [-0.39, 0.29) is 68.5 Å². The Balaban J connectivity index is 0.000000115. The Morgan fingerprint density at radius 2 is 0.659 bits per heavy atom. The van der Waals surface area contributed by atoms with Crippen LogP contribution in [-0.4, -0.2) is 108 Å². The van der Waals surface area contributed by atoms with Crippen LogP contribution in [0.2, 0.25) is 20.1 Å². The van der Waals surface area contributed by atoms with Gasteiger partial charge in [0.05, 0.1) is 70.6 Å². The first kappa shape index (κ1) is 95.4. The molecule has 40 heteroatoms. The van der Waals surface area contributed by atoms with Crippen LogP contribution < -0.4 is 86.7 Å². The summed E-state index contributed by atoms with van der Waals surface area (Å²) >= 11 is 24.9. The van der Waals surface area contributed by atoms with Crippen LogP contribution in [0.1, 0.15) is 248 Å². The zero-order valence-corrected chi connectivity index (χ0v) is 80.0. The second kappa shape index (κ2) is 38.7. The Bertz CT molecular complexity index is 6690. The number of benzene rings is 6. The summed E-state index contributed by atoms with van der Waals surface area (Å²) in [6.07, 6.45) is 28.0. The summed E-state index contributed by atoms with van der Waals surface area (Å²) in [4.78, 5) is 122. The first-order valence-electron chi connectivity index (χ1n) is 45.3. The van der Waals surface area contributed by atoms with Crippen molar-refractivity contribution in [2.75, 3.05) is 68.0 Å². The fraction of sp³-hybridized carbons (Fsp3) is 0.327. The summed E-state index contributed by atoms with van der Waals surface area (Å²) in [5.41, 5.74) is 38.0. The Kier molecular flexibility index (Phi) is 26.7. The van der Waals surface area contributed by atoms with Gasteiger partial charge < -0.3 is 91.5 Å². The van der Waals surface area contributed by atoms with Gasteiger partial charge in [-0.05, 0) is 236 Å². The lowest BCUT2D eigenvalue weighted by molar-refractivity contribution is 0.0395. The molecule has 10 aliphatic rings. The molecule has 0 unspecified atom stereocenters. The molecule has 6 aromatic heterocycles. The number of hydrogen-bond donors (Lipinski definition) is 16. The van der Waals surface area contributed by atoms with Gasteiger partial charge in [0.15, 0.2) is 5.82 Å². The number of carbonyl (C=O) groups excluding carboxylic acids is 6. The minimum atomic E-state index is -0.514. The van der Waals surface area contributed by atoms with Gasteiger partial charge in [-0.3, -0.25) is 28.8 Å². The molecule has 12 aromatic rings. The number of carbonyl (C=O) groups is 6. The predicted octanol–water partition coefficient (Wildman–Crippen LogP) is 17.7. The molecule has 4 fully saturated rings. The third kappa shape index (κ3) is 19.3. The normalized spacial score (nSPS) is 17.4. The maximum absolute atomic E-state index is 14.7. The summed E-state index contributed by atoms with van der Waals surface area (Å²) in [5, 5.41) is 39.1. The number of nitrogen functional groups attached to an aromatic ring is 4. The van der Waals surface area contributed by atoms with Gasteiger partial charge in [-0.1, -0.05) is 97.8 Å². The van der Waals surface area contributed by atoms with E-state index in [0.29, 0.717) is 114 Å². The molecule has 1 saturated heterocycles. The van der Waals surface area contributed by atoms with Crippen LogP contribution >= 0.6 is 46.4 Å². The number of halogens is 5. The maximum atomic E-state index is 14.7. The van der Waals surface area contributed by atoms with Gasteiger partial charge in [-0.15, -0.1) is 0 Å². The van der Waals surface area contributed by atoms with E-state index in [4.69, 9.17) is 74.1 Å². The van der Waals surface area contributed by atoms with E-state index in [1.54, 1.807) is 55.7 Å². The van der Waals surface area contributed by atoms with Crippen molar-refractivity contribution < 1.29 is 37.9 Å². The number of nitrogens with two attached hydrogens (primary N) is 4. The molecule has 7 aliphatic heterocycles. The van der Waals surface area contributed by atoms with E-state index in [2.05, 4.69) is 130 Å². The van der Waals surface area contributed by atoms with Crippen LogP contribution in [0.25, 0.3) is 0 Å². The summed E-state index contributed by atoms with van der Waals surface area (Å²) < 4.78 is 20.2. The Morgan fingerprint density at radius 1 is 0.333 bits per heavy atom. The van der Waals surface area contributed by atoms with Gasteiger partial charge in [-0.25, -0.2) is 64.2 Å². The highest BCUT2D eigenvalue weighted by molar-refractivity contribution is 6.37. The molecule has 3 saturated carbocycles. The largest absolute Gasteiger partial charge is 0.384 e. The molecule has 138 heavy (non-hydrogen) atoms. The number of ether oxygens (including phenoxy) is 1.